The van der Waals surface area contributed by atoms with Crippen molar-refractivity contribution in [2.75, 3.05) is 13.1 Å². The van der Waals surface area contributed by atoms with Crippen LogP contribution in [0.1, 0.15) is 23.6 Å². The summed E-state index contributed by atoms with van der Waals surface area (Å²) in [6.07, 6.45) is 2.87. The number of nitrogens with one attached hydrogen (secondary N) is 2. The monoisotopic (exact) mass is 218 g/mol. The SMILES string of the molecule is Cc1c[nH]n2c(=O)cc(C3CCNC3)nc12. The van der Waals surface area contributed by atoms with E-state index in [0.717, 1.165) is 36.4 Å². The second-order valence-corrected chi connectivity index (χ2v) is 4.32. The molecule has 2 aromatic rings. The highest BCUT2D eigenvalue weighted by molar-refractivity contribution is 5.45. The number of nitrogens with zero attached hydrogens (tertiary/aromatic N) is 2. The van der Waals surface area contributed by atoms with Crippen molar-refractivity contribution >= 4 is 5.65 Å². The predicted molar refractivity (Wildman–Crippen MR) is 60.8 cm³/mol. The molecular weight excluding hydrogens is 204 g/mol. The molecule has 5 heteroatoms. The lowest BCUT2D eigenvalue weighted by Crippen LogP contribution is -2.18. The summed E-state index contributed by atoms with van der Waals surface area (Å²) >= 11 is 0. The van der Waals surface area contributed by atoms with Gasteiger partial charge in [0.05, 0.1) is 5.69 Å². The molecular formula is C11H14N4O. The second-order valence-electron chi connectivity index (χ2n) is 4.32. The highest BCUT2D eigenvalue weighted by atomic mass is 16.1. The first kappa shape index (κ1) is 9.59. The van der Waals surface area contributed by atoms with Crippen LogP contribution in [0, 0.1) is 6.92 Å². The molecule has 0 aliphatic carbocycles. The van der Waals surface area contributed by atoms with E-state index in [0.29, 0.717) is 5.92 Å². The maximum Gasteiger partial charge on any atom is 0.272 e. The Balaban J connectivity index is 2.19. The maximum atomic E-state index is 11.8. The minimum Gasteiger partial charge on any atom is -0.316 e. The van der Waals surface area contributed by atoms with Crippen molar-refractivity contribution in [3.05, 3.63) is 33.9 Å². The molecule has 3 rings (SSSR count). The van der Waals surface area contributed by atoms with Crippen LogP contribution in [-0.2, 0) is 0 Å². The fourth-order valence-corrected chi connectivity index (χ4v) is 2.23. The quantitative estimate of drug-likeness (QED) is 0.728. The molecule has 1 fully saturated rings. The van der Waals surface area contributed by atoms with E-state index >= 15 is 0 Å². The van der Waals surface area contributed by atoms with Gasteiger partial charge >= 0.3 is 0 Å². The molecule has 84 valence electrons. The lowest BCUT2D eigenvalue weighted by atomic mass is 10.1. The highest BCUT2D eigenvalue weighted by Gasteiger charge is 2.19. The fraction of sp³-hybridized carbons (Fsp3) is 0.455. The van der Waals surface area contributed by atoms with E-state index in [2.05, 4.69) is 15.4 Å². The van der Waals surface area contributed by atoms with E-state index in [4.69, 9.17) is 0 Å². The van der Waals surface area contributed by atoms with E-state index in [-0.39, 0.29) is 5.56 Å². The van der Waals surface area contributed by atoms with E-state index < -0.39 is 0 Å². The highest BCUT2D eigenvalue weighted by Crippen LogP contribution is 2.20. The predicted octanol–water partition coefficient (Wildman–Crippen LogP) is 0.408. The summed E-state index contributed by atoms with van der Waals surface area (Å²) in [5.41, 5.74) is 2.64. The Labute approximate surface area is 92.5 Å². The molecule has 0 bridgehead atoms. The lowest BCUT2D eigenvalue weighted by Gasteiger charge is -2.07. The minimum atomic E-state index is -0.0278. The molecule has 0 amide bonds. The van der Waals surface area contributed by atoms with Gasteiger partial charge in [0.15, 0.2) is 5.65 Å². The zero-order chi connectivity index (χ0) is 11.1. The van der Waals surface area contributed by atoms with Crippen LogP contribution >= 0.6 is 0 Å². The summed E-state index contributed by atoms with van der Waals surface area (Å²) < 4.78 is 1.49. The van der Waals surface area contributed by atoms with Gasteiger partial charge in [-0.3, -0.25) is 9.89 Å². The Hall–Kier alpha value is -1.62. The number of aryl methyl sites for hydroxylation is 1. The second kappa shape index (κ2) is 3.45. The summed E-state index contributed by atoms with van der Waals surface area (Å²) in [5, 5.41) is 6.19. The topological polar surface area (TPSA) is 62.2 Å². The van der Waals surface area contributed by atoms with Crippen LogP contribution in [0.2, 0.25) is 0 Å². The maximum absolute atomic E-state index is 11.8. The average molecular weight is 218 g/mol. The third-order valence-corrected chi connectivity index (χ3v) is 3.18. The van der Waals surface area contributed by atoms with Crippen LogP contribution in [0.4, 0.5) is 0 Å². The molecule has 1 atom stereocenters. The Morgan fingerprint density at radius 1 is 1.56 bits per heavy atom. The van der Waals surface area contributed by atoms with Gasteiger partial charge in [0.25, 0.3) is 5.56 Å². The third-order valence-electron chi connectivity index (χ3n) is 3.18. The Morgan fingerprint density at radius 2 is 2.44 bits per heavy atom. The Bertz CT molecular complexity index is 577. The lowest BCUT2D eigenvalue weighted by molar-refractivity contribution is 0.725. The molecule has 1 unspecified atom stereocenters. The van der Waals surface area contributed by atoms with Crippen molar-refractivity contribution < 1.29 is 0 Å². The summed E-state index contributed by atoms with van der Waals surface area (Å²) in [7, 11) is 0. The number of aromatic amines is 1. The summed E-state index contributed by atoms with van der Waals surface area (Å²) in [6, 6.07) is 1.64. The van der Waals surface area contributed by atoms with Gasteiger partial charge < -0.3 is 5.32 Å². The zero-order valence-electron chi connectivity index (χ0n) is 9.16. The molecule has 0 radical (unpaired) electrons. The van der Waals surface area contributed by atoms with Gasteiger partial charge in [-0.05, 0) is 19.9 Å². The number of H-pyrrole nitrogens is 1. The first-order valence-electron chi connectivity index (χ1n) is 5.54. The van der Waals surface area contributed by atoms with E-state index in [1.54, 1.807) is 12.3 Å². The van der Waals surface area contributed by atoms with Crippen molar-refractivity contribution in [3.63, 3.8) is 0 Å². The van der Waals surface area contributed by atoms with Crippen molar-refractivity contribution in [3.8, 4) is 0 Å². The molecule has 0 spiro atoms. The fourth-order valence-electron chi connectivity index (χ4n) is 2.23. The number of rotatable bonds is 1. The molecule has 3 heterocycles. The molecule has 16 heavy (non-hydrogen) atoms. The van der Waals surface area contributed by atoms with Crippen LogP contribution in [0.3, 0.4) is 0 Å². The zero-order valence-corrected chi connectivity index (χ0v) is 9.16. The summed E-state index contributed by atoms with van der Waals surface area (Å²) in [4.78, 5) is 16.4. The average Bonchev–Trinajstić information content (AvgIpc) is 2.88. The van der Waals surface area contributed by atoms with Gasteiger partial charge in [-0.15, -0.1) is 0 Å². The van der Waals surface area contributed by atoms with Gasteiger partial charge in [0, 0.05) is 30.3 Å². The molecule has 1 aliphatic heterocycles. The number of fused-ring (bicyclic) bond motifs is 1. The minimum absolute atomic E-state index is 0.0278. The van der Waals surface area contributed by atoms with E-state index in [1.807, 2.05) is 6.92 Å². The van der Waals surface area contributed by atoms with E-state index in [9.17, 15) is 4.79 Å². The smallest absolute Gasteiger partial charge is 0.272 e. The van der Waals surface area contributed by atoms with Crippen LogP contribution < -0.4 is 10.9 Å². The number of hydrogen-bond acceptors (Lipinski definition) is 3. The Morgan fingerprint density at radius 3 is 3.19 bits per heavy atom. The normalized spacial score (nSPS) is 20.7. The Kier molecular flexibility index (Phi) is 2.07. The number of hydrogen-bond donors (Lipinski definition) is 2. The van der Waals surface area contributed by atoms with Crippen molar-refractivity contribution in [1.29, 1.82) is 0 Å². The largest absolute Gasteiger partial charge is 0.316 e. The molecule has 0 aromatic carbocycles. The van der Waals surface area contributed by atoms with Gasteiger partial charge in [0.2, 0.25) is 0 Å². The molecule has 1 saturated heterocycles. The van der Waals surface area contributed by atoms with Crippen LogP contribution in [0.15, 0.2) is 17.1 Å². The molecule has 1 aliphatic rings. The number of aromatic nitrogens is 3. The standard InChI is InChI=1S/C11H14N4O/c1-7-5-13-15-10(16)4-9(14-11(7)15)8-2-3-12-6-8/h4-5,8,12-13H,2-3,6H2,1H3. The van der Waals surface area contributed by atoms with Crippen molar-refractivity contribution in [2.24, 2.45) is 0 Å². The van der Waals surface area contributed by atoms with Crippen molar-refractivity contribution in [1.82, 2.24) is 19.9 Å². The van der Waals surface area contributed by atoms with Gasteiger partial charge in [0.1, 0.15) is 0 Å². The van der Waals surface area contributed by atoms with Gasteiger partial charge in [-0.2, -0.15) is 0 Å². The first-order chi connectivity index (χ1) is 7.75. The van der Waals surface area contributed by atoms with Crippen LogP contribution in [0.25, 0.3) is 5.65 Å². The van der Waals surface area contributed by atoms with E-state index in [1.165, 1.54) is 4.52 Å². The summed E-state index contributed by atoms with van der Waals surface area (Å²) in [6.45, 7) is 3.89. The van der Waals surface area contributed by atoms with Crippen LogP contribution in [0.5, 0.6) is 0 Å². The van der Waals surface area contributed by atoms with Gasteiger partial charge in [-0.1, -0.05) is 0 Å². The molecule has 5 nitrogen and oxygen atoms in total. The van der Waals surface area contributed by atoms with Crippen molar-refractivity contribution in [2.45, 2.75) is 19.3 Å². The molecule has 0 saturated carbocycles. The molecule has 2 aromatic heterocycles. The molecule has 2 N–H and O–H groups in total. The van der Waals surface area contributed by atoms with Gasteiger partial charge in [-0.25, -0.2) is 9.50 Å². The first-order valence-corrected chi connectivity index (χ1v) is 5.54. The third kappa shape index (κ3) is 1.36. The summed E-state index contributed by atoms with van der Waals surface area (Å²) in [5.74, 6) is 0.381. The van der Waals surface area contributed by atoms with Crippen LogP contribution in [-0.4, -0.2) is 27.7 Å².